The van der Waals surface area contributed by atoms with Gasteiger partial charge in [-0.15, -0.1) is 12.4 Å². The van der Waals surface area contributed by atoms with Crippen LogP contribution in [0.4, 0.5) is 13.9 Å². The van der Waals surface area contributed by atoms with E-state index in [4.69, 9.17) is 0 Å². The van der Waals surface area contributed by atoms with Crippen molar-refractivity contribution in [3.8, 4) is 0 Å². The van der Waals surface area contributed by atoms with Gasteiger partial charge in [0.25, 0.3) is 5.91 Å². The molecule has 0 radical (unpaired) electrons. The van der Waals surface area contributed by atoms with E-state index < -0.39 is 21.7 Å². The predicted molar refractivity (Wildman–Crippen MR) is 145 cm³/mol. The highest BCUT2D eigenvalue weighted by Crippen LogP contribution is 2.32. The number of piperidine rings is 1. The summed E-state index contributed by atoms with van der Waals surface area (Å²) in [7, 11) is 0.207. The van der Waals surface area contributed by atoms with Crippen LogP contribution in [0, 0.1) is 17.6 Å². The topological polar surface area (TPSA) is 73.8 Å². The van der Waals surface area contributed by atoms with Gasteiger partial charge in [-0.3, -0.25) is 9.69 Å². The highest BCUT2D eigenvalue weighted by molar-refractivity contribution is 7.89. The monoisotopic (exact) mass is 572 g/mol. The molecule has 3 aromatic rings. The number of carbonyl (C=O) groups excluding carboxylic acids is 1. The molecule has 0 spiro atoms. The van der Waals surface area contributed by atoms with Gasteiger partial charge in [0.05, 0.1) is 9.60 Å². The molecule has 1 aromatic heterocycles. The third kappa shape index (κ3) is 6.64. The number of amides is 1. The van der Waals surface area contributed by atoms with Crippen LogP contribution in [-0.2, 0) is 10.0 Å². The Kier molecular flexibility index (Phi) is 9.62. The number of sulfonamides is 1. The molecule has 37 heavy (non-hydrogen) atoms. The molecule has 1 aliphatic heterocycles. The van der Waals surface area contributed by atoms with E-state index in [0.717, 1.165) is 30.2 Å². The minimum absolute atomic E-state index is 0. The number of hydrogen-bond donors (Lipinski definition) is 0. The number of carbonyl (C=O) groups is 1. The van der Waals surface area contributed by atoms with Gasteiger partial charge in [-0.05, 0) is 76.2 Å². The van der Waals surface area contributed by atoms with Crippen LogP contribution < -0.4 is 4.90 Å². The molecule has 4 rings (SSSR count). The Morgan fingerprint density at radius 1 is 1.11 bits per heavy atom. The van der Waals surface area contributed by atoms with Gasteiger partial charge >= 0.3 is 0 Å². The van der Waals surface area contributed by atoms with Gasteiger partial charge in [-0.1, -0.05) is 18.3 Å². The molecule has 12 heteroatoms. The average Bonchev–Trinajstić information content (AvgIpc) is 3.25. The Morgan fingerprint density at radius 2 is 1.76 bits per heavy atom. The molecule has 0 unspecified atom stereocenters. The Morgan fingerprint density at radius 3 is 2.38 bits per heavy atom. The first-order valence-electron chi connectivity index (χ1n) is 11.9. The zero-order valence-electron chi connectivity index (χ0n) is 21.0. The van der Waals surface area contributed by atoms with E-state index in [2.05, 4.69) is 11.9 Å². The van der Waals surface area contributed by atoms with Crippen molar-refractivity contribution in [2.45, 2.75) is 31.1 Å². The zero-order valence-corrected chi connectivity index (χ0v) is 23.4. The van der Waals surface area contributed by atoms with Crippen molar-refractivity contribution >= 4 is 55.0 Å². The third-order valence-electron chi connectivity index (χ3n) is 6.35. The van der Waals surface area contributed by atoms with Crippen LogP contribution >= 0.6 is 23.7 Å². The van der Waals surface area contributed by atoms with E-state index >= 15 is 0 Å². The van der Waals surface area contributed by atoms with Gasteiger partial charge in [-0.25, -0.2) is 22.2 Å². The molecule has 0 saturated carbocycles. The molecule has 1 saturated heterocycles. The summed E-state index contributed by atoms with van der Waals surface area (Å²) in [4.78, 5) is 21.4. The van der Waals surface area contributed by atoms with Crippen molar-refractivity contribution in [2.75, 3.05) is 45.2 Å². The van der Waals surface area contributed by atoms with Crippen LogP contribution in [0.3, 0.4) is 0 Å². The minimum Gasteiger partial charge on any atom is -0.309 e. The Balaban J connectivity index is 0.00000380. The Hall–Kier alpha value is -2.18. The van der Waals surface area contributed by atoms with Gasteiger partial charge in [0.2, 0.25) is 10.0 Å². The molecule has 1 fully saturated rings. The molecule has 2 heterocycles. The van der Waals surface area contributed by atoms with Gasteiger partial charge in [0.1, 0.15) is 11.3 Å². The van der Waals surface area contributed by atoms with Crippen molar-refractivity contribution in [3.05, 3.63) is 53.6 Å². The largest absolute Gasteiger partial charge is 0.309 e. The third-order valence-corrected chi connectivity index (χ3v) is 9.28. The minimum atomic E-state index is -3.63. The maximum absolute atomic E-state index is 14.3. The molecule has 0 atom stereocenters. The average molecular weight is 573 g/mol. The molecule has 0 bridgehead atoms. The summed E-state index contributed by atoms with van der Waals surface area (Å²) >= 11 is 1.04. The lowest BCUT2D eigenvalue weighted by Crippen LogP contribution is -2.38. The lowest BCUT2D eigenvalue weighted by atomic mass is 10.0. The summed E-state index contributed by atoms with van der Waals surface area (Å²) < 4.78 is 55.9. The maximum atomic E-state index is 14.3. The number of anilines is 1. The summed E-state index contributed by atoms with van der Waals surface area (Å²) in [6.45, 7) is 4.11. The van der Waals surface area contributed by atoms with E-state index in [1.165, 1.54) is 39.5 Å². The molecule has 0 aliphatic carbocycles. The molecule has 1 aliphatic rings. The van der Waals surface area contributed by atoms with Gasteiger partial charge in [-0.2, -0.15) is 4.31 Å². The van der Waals surface area contributed by atoms with Crippen molar-refractivity contribution in [2.24, 2.45) is 5.92 Å². The van der Waals surface area contributed by atoms with E-state index in [1.54, 1.807) is 0 Å². The fourth-order valence-electron chi connectivity index (χ4n) is 4.19. The van der Waals surface area contributed by atoms with E-state index in [0.29, 0.717) is 43.2 Å². The highest BCUT2D eigenvalue weighted by atomic mass is 35.5. The van der Waals surface area contributed by atoms with Crippen molar-refractivity contribution in [3.63, 3.8) is 0 Å². The summed E-state index contributed by atoms with van der Waals surface area (Å²) in [6.07, 6.45) is 2.28. The van der Waals surface area contributed by atoms with Crippen LogP contribution in [0.1, 0.15) is 36.5 Å². The number of hydrogen-bond acceptors (Lipinski definition) is 6. The summed E-state index contributed by atoms with van der Waals surface area (Å²) in [5, 5.41) is 0.261. The molecule has 7 nitrogen and oxygen atoms in total. The normalized spacial score (nSPS) is 15.2. The quantitative estimate of drug-likeness (QED) is 0.379. The van der Waals surface area contributed by atoms with E-state index in [9.17, 15) is 22.0 Å². The maximum Gasteiger partial charge on any atom is 0.260 e. The van der Waals surface area contributed by atoms with Crippen LogP contribution in [-0.4, -0.2) is 68.8 Å². The predicted octanol–water partition coefficient (Wildman–Crippen LogP) is 5.02. The second-order valence-corrected chi connectivity index (χ2v) is 12.4. The molecule has 2 aromatic carbocycles. The second-order valence-electron chi connectivity index (χ2n) is 9.46. The van der Waals surface area contributed by atoms with Gasteiger partial charge in [0.15, 0.2) is 10.9 Å². The lowest BCUT2D eigenvalue weighted by Gasteiger charge is -2.29. The second kappa shape index (κ2) is 12.1. The highest BCUT2D eigenvalue weighted by Gasteiger charge is 2.29. The molecule has 202 valence electrons. The number of aromatic nitrogens is 1. The van der Waals surface area contributed by atoms with Crippen molar-refractivity contribution in [1.82, 2.24) is 14.2 Å². The molecular formula is C25H31ClF2N4O3S2. The summed E-state index contributed by atoms with van der Waals surface area (Å²) in [6, 6.07) is 7.86. The summed E-state index contributed by atoms with van der Waals surface area (Å²) in [5.74, 6) is -1.37. The number of thiazole rings is 1. The van der Waals surface area contributed by atoms with Crippen LogP contribution in [0.25, 0.3) is 10.2 Å². The Bertz CT molecular complexity index is 1340. The zero-order chi connectivity index (χ0) is 26.0. The first-order chi connectivity index (χ1) is 17.1. The molecule has 0 N–H and O–H groups in total. The van der Waals surface area contributed by atoms with Crippen LogP contribution in [0.5, 0.6) is 0 Å². The van der Waals surface area contributed by atoms with Crippen LogP contribution in [0.2, 0.25) is 0 Å². The number of fused-ring (bicyclic) bond motifs is 1. The fourth-order valence-corrected chi connectivity index (χ4v) is 6.69. The molecular weight excluding hydrogens is 542 g/mol. The first kappa shape index (κ1) is 29.4. The number of benzene rings is 2. The fraction of sp³-hybridized carbons (Fsp3) is 0.440. The van der Waals surface area contributed by atoms with Crippen molar-refractivity contribution in [1.29, 1.82) is 0 Å². The van der Waals surface area contributed by atoms with E-state index in [-0.39, 0.29) is 39.4 Å². The van der Waals surface area contributed by atoms with Gasteiger partial charge < -0.3 is 4.90 Å². The standard InChI is InChI=1S/C25H30F2N4O3S2.ClH/c1-17-9-13-30(14-10-17)36(33,34)20-7-5-18(6-8-20)24(32)31(12-4-11-29(2)3)25-28-23-21(27)15-19(26)16-22(23)35-25;/h5-8,15-17H,4,9-14H2,1-3H3;1H. The first-order valence-corrected chi connectivity index (χ1v) is 14.1. The smallest absolute Gasteiger partial charge is 0.260 e. The van der Waals surface area contributed by atoms with Gasteiger partial charge in [0, 0.05) is 31.3 Å². The lowest BCUT2D eigenvalue weighted by molar-refractivity contribution is 0.0986. The van der Waals surface area contributed by atoms with Crippen LogP contribution in [0.15, 0.2) is 41.3 Å². The Labute approximate surface area is 226 Å². The number of rotatable bonds is 8. The SMILES string of the molecule is CC1CCN(S(=O)(=O)c2ccc(C(=O)N(CCCN(C)C)c3nc4c(F)cc(F)cc4s3)cc2)CC1.Cl. The van der Waals surface area contributed by atoms with Crippen molar-refractivity contribution < 1.29 is 22.0 Å². The van der Waals surface area contributed by atoms with E-state index in [1.807, 2.05) is 19.0 Å². The number of nitrogens with zero attached hydrogens (tertiary/aromatic N) is 4. The number of halogens is 3. The molecule has 1 amide bonds. The summed E-state index contributed by atoms with van der Waals surface area (Å²) in [5.41, 5.74) is 0.302.